The SMILES string of the molecule is CC(=O)Nc1ccc(Nc2nccc(N3CCC[C@H](C(=O)NCc4ccc(C)cc4)C3)n2)cc1. The molecule has 3 N–H and O–H groups in total. The van der Waals surface area contributed by atoms with Crippen LogP contribution in [-0.2, 0) is 16.1 Å². The summed E-state index contributed by atoms with van der Waals surface area (Å²) in [7, 11) is 0. The molecule has 3 aromatic rings. The van der Waals surface area contributed by atoms with E-state index in [-0.39, 0.29) is 17.7 Å². The van der Waals surface area contributed by atoms with E-state index >= 15 is 0 Å². The van der Waals surface area contributed by atoms with Gasteiger partial charge in [-0.25, -0.2) is 4.98 Å². The quantitative estimate of drug-likeness (QED) is 0.495. The van der Waals surface area contributed by atoms with Gasteiger partial charge in [0.25, 0.3) is 0 Å². The van der Waals surface area contributed by atoms with Crippen LogP contribution in [0.15, 0.2) is 60.8 Å². The van der Waals surface area contributed by atoms with Gasteiger partial charge in [-0.3, -0.25) is 9.59 Å². The normalized spacial score (nSPS) is 15.5. The van der Waals surface area contributed by atoms with Crippen molar-refractivity contribution in [3.8, 4) is 0 Å². The third-order valence-corrected chi connectivity index (χ3v) is 5.81. The van der Waals surface area contributed by atoms with Gasteiger partial charge < -0.3 is 20.9 Å². The van der Waals surface area contributed by atoms with Gasteiger partial charge in [0.05, 0.1) is 5.92 Å². The van der Waals surface area contributed by atoms with Gasteiger partial charge in [-0.15, -0.1) is 0 Å². The average Bonchev–Trinajstić information content (AvgIpc) is 2.85. The molecule has 1 atom stereocenters. The summed E-state index contributed by atoms with van der Waals surface area (Å²) in [5, 5.41) is 9.03. The number of nitrogens with one attached hydrogen (secondary N) is 3. The Kier molecular flexibility index (Phi) is 7.37. The lowest BCUT2D eigenvalue weighted by Gasteiger charge is -2.33. The fourth-order valence-electron chi connectivity index (χ4n) is 3.99. The molecule has 2 aromatic carbocycles. The molecule has 0 saturated carbocycles. The van der Waals surface area contributed by atoms with E-state index in [2.05, 4.69) is 49.9 Å². The summed E-state index contributed by atoms with van der Waals surface area (Å²) in [6, 6.07) is 17.4. The van der Waals surface area contributed by atoms with Crippen LogP contribution >= 0.6 is 0 Å². The Balaban J connectivity index is 1.35. The number of aromatic nitrogens is 2. The van der Waals surface area contributed by atoms with Crippen LogP contribution in [-0.4, -0.2) is 34.9 Å². The van der Waals surface area contributed by atoms with Gasteiger partial charge in [-0.05, 0) is 55.7 Å². The van der Waals surface area contributed by atoms with Crippen molar-refractivity contribution < 1.29 is 9.59 Å². The van der Waals surface area contributed by atoms with E-state index in [4.69, 9.17) is 0 Å². The van der Waals surface area contributed by atoms with Crippen LogP contribution in [0.25, 0.3) is 0 Å². The fraction of sp³-hybridized carbons (Fsp3) is 0.308. The molecule has 4 rings (SSSR count). The van der Waals surface area contributed by atoms with Crippen LogP contribution in [0.4, 0.5) is 23.1 Å². The Bertz CT molecular complexity index is 1130. The van der Waals surface area contributed by atoms with Gasteiger partial charge >= 0.3 is 0 Å². The highest BCUT2D eigenvalue weighted by molar-refractivity contribution is 5.88. The first-order chi connectivity index (χ1) is 16.5. The molecular weight excluding hydrogens is 428 g/mol. The van der Waals surface area contributed by atoms with Crippen molar-refractivity contribution >= 4 is 35.0 Å². The monoisotopic (exact) mass is 458 g/mol. The van der Waals surface area contributed by atoms with Crippen molar-refractivity contribution in [2.45, 2.75) is 33.2 Å². The fourth-order valence-corrected chi connectivity index (χ4v) is 3.99. The van der Waals surface area contributed by atoms with Crippen LogP contribution < -0.4 is 20.9 Å². The first-order valence-corrected chi connectivity index (χ1v) is 11.5. The Hall–Kier alpha value is -3.94. The number of nitrogens with zero attached hydrogens (tertiary/aromatic N) is 3. The standard InChI is InChI=1S/C26H30N6O2/c1-18-5-7-20(8-6-18)16-28-25(34)21-4-3-15-32(17-21)24-13-14-27-26(31-24)30-23-11-9-22(10-12-23)29-19(2)33/h5-14,21H,3-4,15-17H2,1-2H3,(H,28,34)(H,29,33)(H,27,30,31)/t21-/m0/s1. The maximum absolute atomic E-state index is 12.8. The highest BCUT2D eigenvalue weighted by Gasteiger charge is 2.26. The minimum absolute atomic E-state index is 0.0770. The van der Waals surface area contributed by atoms with Crippen LogP contribution in [0.5, 0.6) is 0 Å². The molecule has 0 spiro atoms. The summed E-state index contributed by atoms with van der Waals surface area (Å²) in [6.07, 6.45) is 3.52. The number of anilines is 4. The summed E-state index contributed by atoms with van der Waals surface area (Å²) in [5.41, 5.74) is 3.85. The van der Waals surface area contributed by atoms with Crippen molar-refractivity contribution in [3.63, 3.8) is 0 Å². The molecule has 8 nitrogen and oxygen atoms in total. The smallest absolute Gasteiger partial charge is 0.229 e. The van der Waals surface area contributed by atoms with E-state index in [0.717, 1.165) is 42.1 Å². The van der Waals surface area contributed by atoms with E-state index in [9.17, 15) is 9.59 Å². The number of hydrogen-bond donors (Lipinski definition) is 3. The molecule has 1 aromatic heterocycles. The molecule has 176 valence electrons. The number of carbonyl (C=O) groups is 2. The zero-order valence-electron chi connectivity index (χ0n) is 19.5. The molecule has 1 aliphatic heterocycles. The molecule has 2 amide bonds. The van der Waals surface area contributed by atoms with E-state index in [1.807, 2.05) is 42.5 Å². The Morgan fingerprint density at radius 2 is 1.76 bits per heavy atom. The van der Waals surface area contributed by atoms with Crippen molar-refractivity contribution in [2.75, 3.05) is 28.6 Å². The Morgan fingerprint density at radius 3 is 2.50 bits per heavy atom. The topological polar surface area (TPSA) is 99.3 Å². The first kappa shape index (κ1) is 23.2. The Morgan fingerprint density at radius 1 is 1.03 bits per heavy atom. The molecule has 2 heterocycles. The van der Waals surface area contributed by atoms with Crippen LogP contribution in [0.1, 0.15) is 30.9 Å². The van der Waals surface area contributed by atoms with E-state index < -0.39 is 0 Å². The molecule has 0 aliphatic carbocycles. The predicted octanol–water partition coefficient (Wildman–Crippen LogP) is 4.02. The van der Waals surface area contributed by atoms with Gasteiger partial charge in [0.2, 0.25) is 17.8 Å². The summed E-state index contributed by atoms with van der Waals surface area (Å²) < 4.78 is 0. The van der Waals surface area contributed by atoms with Gasteiger partial charge in [0, 0.05) is 44.1 Å². The molecule has 8 heteroatoms. The number of benzene rings is 2. The molecule has 34 heavy (non-hydrogen) atoms. The minimum Gasteiger partial charge on any atom is -0.356 e. The number of amides is 2. The lowest BCUT2D eigenvalue weighted by Crippen LogP contribution is -2.43. The second-order valence-electron chi connectivity index (χ2n) is 8.61. The third-order valence-electron chi connectivity index (χ3n) is 5.81. The molecule has 1 saturated heterocycles. The van der Waals surface area contributed by atoms with Crippen LogP contribution in [0.3, 0.4) is 0 Å². The molecule has 1 aliphatic rings. The largest absolute Gasteiger partial charge is 0.356 e. The predicted molar refractivity (Wildman–Crippen MR) is 134 cm³/mol. The Labute approximate surface area is 199 Å². The van der Waals surface area contributed by atoms with E-state index in [1.165, 1.54) is 12.5 Å². The highest BCUT2D eigenvalue weighted by Crippen LogP contribution is 2.24. The van der Waals surface area contributed by atoms with Crippen molar-refractivity contribution in [3.05, 3.63) is 71.9 Å². The molecule has 0 bridgehead atoms. The van der Waals surface area contributed by atoms with Gasteiger partial charge in [0.15, 0.2) is 0 Å². The van der Waals surface area contributed by atoms with Crippen molar-refractivity contribution in [1.29, 1.82) is 0 Å². The maximum atomic E-state index is 12.8. The second-order valence-corrected chi connectivity index (χ2v) is 8.61. The molecule has 0 unspecified atom stereocenters. The highest BCUT2D eigenvalue weighted by atomic mass is 16.2. The summed E-state index contributed by atoms with van der Waals surface area (Å²) in [6.45, 7) is 5.55. The maximum Gasteiger partial charge on any atom is 0.229 e. The van der Waals surface area contributed by atoms with Crippen molar-refractivity contribution in [2.24, 2.45) is 5.92 Å². The van der Waals surface area contributed by atoms with Crippen LogP contribution in [0.2, 0.25) is 0 Å². The lowest BCUT2D eigenvalue weighted by atomic mass is 9.97. The zero-order valence-corrected chi connectivity index (χ0v) is 19.5. The zero-order chi connectivity index (χ0) is 23.9. The number of carbonyl (C=O) groups excluding carboxylic acids is 2. The summed E-state index contributed by atoms with van der Waals surface area (Å²) >= 11 is 0. The number of piperidine rings is 1. The summed E-state index contributed by atoms with van der Waals surface area (Å²) in [5.74, 6) is 1.17. The number of hydrogen-bond acceptors (Lipinski definition) is 6. The van der Waals surface area contributed by atoms with E-state index in [0.29, 0.717) is 19.0 Å². The summed E-state index contributed by atoms with van der Waals surface area (Å²) in [4.78, 5) is 35.1. The molecule has 0 radical (unpaired) electrons. The molecule has 1 fully saturated rings. The van der Waals surface area contributed by atoms with Gasteiger partial charge in [-0.2, -0.15) is 4.98 Å². The number of aryl methyl sites for hydroxylation is 1. The lowest BCUT2D eigenvalue weighted by molar-refractivity contribution is -0.125. The second kappa shape index (κ2) is 10.8. The minimum atomic E-state index is -0.111. The third kappa shape index (κ3) is 6.31. The van der Waals surface area contributed by atoms with Gasteiger partial charge in [0.1, 0.15) is 5.82 Å². The molecular formula is C26H30N6O2. The van der Waals surface area contributed by atoms with Gasteiger partial charge in [-0.1, -0.05) is 29.8 Å². The van der Waals surface area contributed by atoms with Crippen LogP contribution in [0, 0.1) is 12.8 Å². The first-order valence-electron chi connectivity index (χ1n) is 11.5. The number of rotatable bonds is 7. The average molecular weight is 459 g/mol. The van der Waals surface area contributed by atoms with E-state index in [1.54, 1.807) is 6.20 Å². The van der Waals surface area contributed by atoms with Crippen molar-refractivity contribution in [1.82, 2.24) is 15.3 Å².